The second kappa shape index (κ2) is 6.03. The third-order valence-corrected chi connectivity index (χ3v) is 3.70. The highest BCUT2D eigenvalue weighted by Crippen LogP contribution is 2.25. The van der Waals surface area contributed by atoms with Crippen LogP contribution >= 0.6 is 23.4 Å². The molecule has 2 aromatic rings. The topological polar surface area (TPSA) is 35.2 Å². The lowest BCUT2D eigenvalue weighted by Crippen LogP contribution is -2.00. The van der Waals surface area contributed by atoms with Crippen LogP contribution in [0.2, 0.25) is 5.02 Å². The lowest BCUT2D eigenvalue weighted by molar-refractivity contribution is 0.307. The first-order valence-corrected chi connectivity index (χ1v) is 7.10. The van der Waals surface area contributed by atoms with Crippen LogP contribution in [0.3, 0.4) is 0 Å². The monoisotopic (exact) mass is 279 g/mol. The molecule has 4 heteroatoms. The van der Waals surface area contributed by atoms with Crippen molar-refractivity contribution in [3.63, 3.8) is 0 Å². The number of hydrogen-bond donors (Lipinski definition) is 1. The molecule has 0 fully saturated rings. The van der Waals surface area contributed by atoms with Crippen LogP contribution in [0.1, 0.15) is 5.56 Å². The lowest BCUT2D eigenvalue weighted by atomic mass is 10.2. The largest absolute Gasteiger partial charge is 0.489 e. The van der Waals surface area contributed by atoms with Gasteiger partial charge in [-0.2, -0.15) is 0 Å². The van der Waals surface area contributed by atoms with Crippen molar-refractivity contribution in [3.05, 3.63) is 53.1 Å². The molecule has 0 atom stereocenters. The van der Waals surface area contributed by atoms with Crippen LogP contribution in [-0.4, -0.2) is 6.26 Å². The number of hydrogen-bond acceptors (Lipinski definition) is 3. The summed E-state index contributed by atoms with van der Waals surface area (Å²) in [5.74, 6) is 0.812. The second-order valence-electron chi connectivity index (χ2n) is 3.77. The zero-order valence-corrected chi connectivity index (χ0v) is 11.6. The van der Waals surface area contributed by atoms with Crippen LogP contribution < -0.4 is 10.5 Å². The number of rotatable bonds is 4. The molecule has 18 heavy (non-hydrogen) atoms. The van der Waals surface area contributed by atoms with Gasteiger partial charge in [0.05, 0.1) is 0 Å². The van der Waals surface area contributed by atoms with Gasteiger partial charge in [0.1, 0.15) is 12.4 Å². The van der Waals surface area contributed by atoms with Gasteiger partial charge in [-0.1, -0.05) is 17.7 Å². The quantitative estimate of drug-likeness (QED) is 0.672. The molecule has 0 unspecified atom stereocenters. The maximum Gasteiger partial charge on any atom is 0.119 e. The molecule has 0 heterocycles. The number of anilines is 1. The minimum atomic E-state index is 0.379. The Morgan fingerprint density at radius 1 is 1.17 bits per heavy atom. The molecule has 94 valence electrons. The summed E-state index contributed by atoms with van der Waals surface area (Å²) in [6.45, 7) is 0.379. The van der Waals surface area contributed by atoms with Gasteiger partial charge in [-0.05, 0) is 42.7 Å². The summed E-state index contributed by atoms with van der Waals surface area (Å²) >= 11 is 7.78. The molecule has 0 saturated carbocycles. The van der Waals surface area contributed by atoms with E-state index in [4.69, 9.17) is 22.1 Å². The summed E-state index contributed by atoms with van der Waals surface area (Å²) in [7, 11) is 0. The van der Waals surface area contributed by atoms with E-state index in [0.29, 0.717) is 17.3 Å². The average Bonchev–Trinajstić information content (AvgIpc) is 2.39. The lowest BCUT2D eigenvalue weighted by Gasteiger charge is -2.10. The summed E-state index contributed by atoms with van der Waals surface area (Å²) in [5.41, 5.74) is 7.35. The van der Waals surface area contributed by atoms with E-state index in [2.05, 4.69) is 0 Å². The zero-order chi connectivity index (χ0) is 13.0. The highest BCUT2D eigenvalue weighted by atomic mass is 35.5. The fourth-order valence-electron chi connectivity index (χ4n) is 1.56. The molecule has 0 amide bonds. The predicted octanol–water partition coefficient (Wildman–Crippen LogP) is 4.22. The molecule has 0 radical (unpaired) electrons. The molecular formula is C14H14ClNOS. The molecule has 0 aliphatic carbocycles. The number of ether oxygens (including phenoxy) is 1. The Hall–Kier alpha value is -1.32. The van der Waals surface area contributed by atoms with Gasteiger partial charge < -0.3 is 10.5 Å². The maximum absolute atomic E-state index is 6.08. The minimum Gasteiger partial charge on any atom is -0.489 e. The van der Waals surface area contributed by atoms with Crippen molar-refractivity contribution >= 4 is 29.1 Å². The van der Waals surface area contributed by atoms with Gasteiger partial charge >= 0.3 is 0 Å². The number of thioether (sulfide) groups is 1. The normalized spacial score (nSPS) is 10.3. The summed E-state index contributed by atoms with van der Waals surface area (Å²) < 4.78 is 5.68. The van der Waals surface area contributed by atoms with E-state index >= 15 is 0 Å². The van der Waals surface area contributed by atoms with Gasteiger partial charge in [0.2, 0.25) is 0 Å². The fraction of sp³-hybridized carbons (Fsp3) is 0.143. The third kappa shape index (κ3) is 3.12. The molecule has 2 nitrogen and oxygen atoms in total. The van der Waals surface area contributed by atoms with Gasteiger partial charge in [-0.3, -0.25) is 0 Å². The molecular weight excluding hydrogens is 266 g/mol. The molecule has 0 spiro atoms. The Bertz CT molecular complexity index is 508. The summed E-state index contributed by atoms with van der Waals surface area (Å²) in [6, 6.07) is 13.4. The van der Waals surface area contributed by atoms with E-state index in [1.807, 2.05) is 48.7 Å². The van der Waals surface area contributed by atoms with Crippen LogP contribution in [0, 0.1) is 0 Å². The van der Waals surface area contributed by atoms with Crippen LogP contribution in [0.25, 0.3) is 0 Å². The van der Waals surface area contributed by atoms with Crippen LogP contribution in [0.15, 0.2) is 47.4 Å². The van der Waals surface area contributed by atoms with Crippen molar-refractivity contribution in [2.45, 2.75) is 11.5 Å². The Labute approximate surface area is 116 Å². The number of benzene rings is 2. The Morgan fingerprint density at radius 3 is 2.50 bits per heavy atom. The highest BCUT2D eigenvalue weighted by molar-refractivity contribution is 7.98. The zero-order valence-electron chi connectivity index (χ0n) is 10.0. The summed E-state index contributed by atoms with van der Waals surface area (Å²) in [4.78, 5) is 1.21. The molecule has 0 aliphatic rings. The first-order chi connectivity index (χ1) is 8.70. The van der Waals surface area contributed by atoms with Crippen molar-refractivity contribution in [3.8, 4) is 5.75 Å². The Kier molecular flexibility index (Phi) is 4.39. The third-order valence-electron chi connectivity index (χ3n) is 2.60. The van der Waals surface area contributed by atoms with E-state index in [0.717, 1.165) is 11.3 Å². The highest BCUT2D eigenvalue weighted by Gasteiger charge is 2.05. The van der Waals surface area contributed by atoms with Crippen molar-refractivity contribution in [1.82, 2.24) is 0 Å². The first kappa shape index (κ1) is 13.1. The fourth-order valence-corrected chi connectivity index (χ4v) is 2.20. The maximum atomic E-state index is 6.08. The summed E-state index contributed by atoms with van der Waals surface area (Å²) in [5, 5.41) is 0.635. The molecule has 0 aliphatic heterocycles. The first-order valence-electron chi connectivity index (χ1n) is 5.50. The standard InChI is InChI=1S/C14H14ClNOS/c1-18-11-7-5-10(6-8-11)17-9-12-13(15)3-2-4-14(12)16/h2-8H,9,16H2,1H3. The molecule has 0 saturated heterocycles. The number of nitrogen functional groups attached to an aromatic ring is 1. The van der Waals surface area contributed by atoms with Gasteiger partial charge in [0, 0.05) is 21.2 Å². The van der Waals surface area contributed by atoms with E-state index in [9.17, 15) is 0 Å². The minimum absolute atomic E-state index is 0.379. The summed E-state index contributed by atoms with van der Waals surface area (Å²) in [6.07, 6.45) is 2.04. The van der Waals surface area contributed by atoms with Gasteiger partial charge in [-0.15, -0.1) is 11.8 Å². The molecule has 0 aromatic heterocycles. The smallest absolute Gasteiger partial charge is 0.119 e. The molecule has 2 rings (SSSR count). The SMILES string of the molecule is CSc1ccc(OCc2c(N)cccc2Cl)cc1. The van der Waals surface area contributed by atoms with Crippen molar-refractivity contribution in [2.24, 2.45) is 0 Å². The molecule has 0 bridgehead atoms. The molecule has 2 N–H and O–H groups in total. The number of nitrogens with two attached hydrogens (primary N) is 1. The van der Waals surface area contributed by atoms with Crippen LogP contribution in [0.5, 0.6) is 5.75 Å². The Balaban J connectivity index is 2.06. The Morgan fingerprint density at radius 2 is 1.89 bits per heavy atom. The predicted molar refractivity (Wildman–Crippen MR) is 78.4 cm³/mol. The van der Waals surface area contributed by atoms with E-state index < -0.39 is 0 Å². The van der Waals surface area contributed by atoms with Crippen molar-refractivity contribution in [2.75, 3.05) is 12.0 Å². The molecule has 2 aromatic carbocycles. The average molecular weight is 280 g/mol. The van der Waals surface area contributed by atoms with Gasteiger partial charge in [0.25, 0.3) is 0 Å². The number of halogens is 1. The van der Waals surface area contributed by atoms with Gasteiger partial charge in [0.15, 0.2) is 0 Å². The van der Waals surface area contributed by atoms with Gasteiger partial charge in [-0.25, -0.2) is 0 Å². The van der Waals surface area contributed by atoms with Crippen molar-refractivity contribution in [1.29, 1.82) is 0 Å². The van der Waals surface area contributed by atoms with Crippen LogP contribution in [0.4, 0.5) is 5.69 Å². The van der Waals surface area contributed by atoms with E-state index in [1.54, 1.807) is 11.8 Å². The van der Waals surface area contributed by atoms with E-state index in [-0.39, 0.29) is 0 Å². The van der Waals surface area contributed by atoms with Crippen molar-refractivity contribution < 1.29 is 4.74 Å². The van der Waals surface area contributed by atoms with E-state index in [1.165, 1.54) is 4.90 Å². The second-order valence-corrected chi connectivity index (χ2v) is 5.06. The van der Waals surface area contributed by atoms with Crippen LogP contribution in [-0.2, 0) is 6.61 Å².